The number of carbonyl (C=O) groups excluding carboxylic acids is 1. The highest BCUT2D eigenvalue weighted by atomic mass is 32.1. The maximum Gasteiger partial charge on any atom is 0.254 e. The summed E-state index contributed by atoms with van der Waals surface area (Å²) in [6.45, 7) is 3.55. The van der Waals surface area contributed by atoms with E-state index in [0.717, 1.165) is 17.8 Å². The molecule has 0 aliphatic rings. The van der Waals surface area contributed by atoms with Crippen LogP contribution in [0.2, 0.25) is 0 Å². The van der Waals surface area contributed by atoms with Crippen LogP contribution in [0.5, 0.6) is 0 Å². The van der Waals surface area contributed by atoms with E-state index in [1.54, 1.807) is 6.92 Å². The van der Waals surface area contributed by atoms with Gasteiger partial charge in [-0.25, -0.2) is 13.8 Å². The number of aromatic nitrogens is 1. The Hall–Kier alpha value is -2.02. The van der Waals surface area contributed by atoms with Crippen molar-refractivity contribution in [3.05, 3.63) is 45.4 Å². The number of benzene rings is 1. The molecule has 1 amide bonds. The average Bonchev–Trinajstić information content (AvgIpc) is 2.80. The molecule has 2 aromatic rings. The molecule has 1 unspecified atom stereocenters. The number of nitrogens with one attached hydrogen (secondary N) is 1. The van der Waals surface area contributed by atoms with Crippen LogP contribution in [0, 0.1) is 18.6 Å². The minimum Gasteiger partial charge on any atom is -0.396 e. The zero-order valence-corrected chi connectivity index (χ0v) is 11.7. The molecule has 0 aliphatic heterocycles. The van der Waals surface area contributed by atoms with E-state index >= 15 is 0 Å². The van der Waals surface area contributed by atoms with E-state index in [-0.39, 0.29) is 0 Å². The number of anilines is 1. The van der Waals surface area contributed by atoms with E-state index in [9.17, 15) is 13.6 Å². The summed E-state index contributed by atoms with van der Waals surface area (Å²) in [5.74, 6) is -2.41. The number of carbonyl (C=O) groups is 1. The number of nitrogen functional groups attached to an aromatic ring is 1. The van der Waals surface area contributed by atoms with Crippen LogP contribution in [0.1, 0.15) is 34.0 Å². The number of aryl methyl sites for hydroxylation is 1. The fraction of sp³-hybridized carbons (Fsp3) is 0.231. The van der Waals surface area contributed by atoms with E-state index in [1.807, 2.05) is 12.3 Å². The molecule has 1 atom stereocenters. The molecule has 106 valence electrons. The lowest BCUT2D eigenvalue weighted by molar-refractivity contribution is 0.0935. The second-order valence-corrected chi connectivity index (χ2v) is 5.27. The highest BCUT2D eigenvalue weighted by Gasteiger charge is 2.19. The van der Waals surface area contributed by atoms with Crippen molar-refractivity contribution < 1.29 is 13.6 Å². The first-order valence-corrected chi connectivity index (χ1v) is 6.74. The maximum atomic E-state index is 13.7. The molecule has 7 heteroatoms. The molecule has 0 bridgehead atoms. The third-order valence-corrected chi connectivity index (χ3v) is 3.81. The molecule has 0 fully saturated rings. The largest absolute Gasteiger partial charge is 0.396 e. The molecule has 0 saturated heterocycles. The van der Waals surface area contributed by atoms with Gasteiger partial charge in [0.2, 0.25) is 0 Å². The van der Waals surface area contributed by atoms with Crippen LogP contribution in [0.4, 0.5) is 14.5 Å². The molecule has 0 saturated carbocycles. The Morgan fingerprint density at radius 3 is 2.75 bits per heavy atom. The molecule has 0 spiro atoms. The Balaban J connectivity index is 2.20. The molecular formula is C13H13F2N3OS. The van der Waals surface area contributed by atoms with Gasteiger partial charge in [0.1, 0.15) is 10.8 Å². The number of halogens is 2. The van der Waals surface area contributed by atoms with Gasteiger partial charge in [-0.1, -0.05) is 0 Å². The summed E-state index contributed by atoms with van der Waals surface area (Å²) >= 11 is 1.39. The third kappa shape index (κ3) is 2.93. The van der Waals surface area contributed by atoms with Crippen LogP contribution >= 0.6 is 11.3 Å². The summed E-state index contributed by atoms with van der Waals surface area (Å²) in [6.07, 6.45) is 0. The predicted octanol–water partition coefficient (Wildman–Crippen LogP) is 2.80. The molecule has 20 heavy (non-hydrogen) atoms. The van der Waals surface area contributed by atoms with Crippen molar-refractivity contribution in [1.82, 2.24) is 10.3 Å². The molecule has 0 radical (unpaired) electrons. The maximum absolute atomic E-state index is 13.7. The lowest BCUT2D eigenvalue weighted by atomic mass is 10.1. The number of thiazole rings is 1. The number of hydrogen-bond donors (Lipinski definition) is 2. The van der Waals surface area contributed by atoms with Crippen LogP contribution < -0.4 is 11.1 Å². The van der Waals surface area contributed by atoms with Gasteiger partial charge < -0.3 is 11.1 Å². The lowest BCUT2D eigenvalue weighted by Gasteiger charge is -2.12. The minimum absolute atomic E-state index is 0.395. The first-order chi connectivity index (χ1) is 9.38. The van der Waals surface area contributed by atoms with Crippen LogP contribution in [0.25, 0.3) is 0 Å². The van der Waals surface area contributed by atoms with E-state index < -0.39 is 34.8 Å². The van der Waals surface area contributed by atoms with Gasteiger partial charge in [-0.05, 0) is 26.0 Å². The molecular weight excluding hydrogens is 284 g/mol. The van der Waals surface area contributed by atoms with Crippen LogP contribution in [0.15, 0.2) is 17.5 Å². The third-order valence-electron chi connectivity index (χ3n) is 2.66. The quantitative estimate of drug-likeness (QED) is 0.856. The topological polar surface area (TPSA) is 68.0 Å². The van der Waals surface area contributed by atoms with Gasteiger partial charge >= 0.3 is 0 Å². The van der Waals surface area contributed by atoms with E-state index in [4.69, 9.17) is 5.73 Å². The SMILES string of the molecule is Cc1csc(C(C)NC(=O)c2cc(F)cc(N)c2F)n1. The smallest absolute Gasteiger partial charge is 0.254 e. The van der Waals surface area contributed by atoms with Crippen molar-refractivity contribution in [3.8, 4) is 0 Å². The van der Waals surface area contributed by atoms with E-state index in [2.05, 4.69) is 10.3 Å². The Bertz CT molecular complexity index is 657. The molecule has 1 aromatic carbocycles. The lowest BCUT2D eigenvalue weighted by Crippen LogP contribution is -2.27. The van der Waals surface area contributed by atoms with Crippen molar-refractivity contribution in [2.45, 2.75) is 19.9 Å². The normalized spacial score (nSPS) is 12.2. The Morgan fingerprint density at radius 2 is 2.15 bits per heavy atom. The van der Waals surface area contributed by atoms with Gasteiger partial charge in [-0.2, -0.15) is 0 Å². The highest BCUT2D eigenvalue weighted by molar-refractivity contribution is 7.09. The standard InChI is InChI=1S/C13H13F2N3OS/c1-6-5-20-13(17-6)7(2)18-12(19)9-3-8(14)4-10(16)11(9)15/h3-5,7H,16H2,1-2H3,(H,18,19). The average molecular weight is 297 g/mol. The second kappa shape index (κ2) is 5.54. The van der Waals surface area contributed by atoms with Crippen molar-refractivity contribution in [2.75, 3.05) is 5.73 Å². The number of amides is 1. The van der Waals surface area contributed by atoms with E-state index in [0.29, 0.717) is 5.01 Å². The van der Waals surface area contributed by atoms with Crippen LogP contribution in [-0.4, -0.2) is 10.9 Å². The monoisotopic (exact) mass is 297 g/mol. The van der Waals surface area contributed by atoms with Gasteiger partial charge in [-0.3, -0.25) is 4.79 Å². The first-order valence-electron chi connectivity index (χ1n) is 5.86. The Kier molecular flexibility index (Phi) is 3.99. The molecule has 0 aliphatic carbocycles. The summed E-state index contributed by atoms with van der Waals surface area (Å²) in [7, 11) is 0. The van der Waals surface area contributed by atoms with Crippen molar-refractivity contribution >= 4 is 22.9 Å². The minimum atomic E-state index is -0.925. The molecule has 3 N–H and O–H groups in total. The fourth-order valence-electron chi connectivity index (χ4n) is 1.68. The Morgan fingerprint density at radius 1 is 1.45 bits per heavy atom. The first kappa shape index (κ1) is 14.4. The fourth-order valence-corrected chi connectivity index (χ4v) is 2.49. The highest BCUT2D eigenvalue weighted by Crippen LogP contribution is 2.20. The summed E-state index contributed by atoms with van der Waals surface area (Å²) in [6, 6.07) is 1.26. The van der Waals surface area contributed by atoms with Gasteiger partial charge in [0.05, 0.1) is 17.3 Å². The molecule has 1 aromatic heterocycles. The second-order valence-electron chi connectivity index (χ2n) is 4.38. The zero-order valence-electron chi connectivity index (χ0n) is 10.9. The summed E-state index contributed by atoms with van der Waals surface area (Å²) in [4.78, 5) is 16.2. The number of hydrogen-bond acceptors (Lipinski definition) is 4. The molecule has 2 rings (SSSR count). The molecule has 4 nitrogen and oxygen atoms in total. The van der Waals surface area contributed by atoms with Crippen molar-refractivity contribution in [3.63, 3.8) is 0 Å². The van der Waals surface area contributed by atoms with Gasteiger partial charge in [0, 0.05) is 11.1 Å². The summed E-state index contributed by atoms with van der Waals surface area (Å²) in [5, 5.41) is 5.11. The van der Waals surface area contributed by atoms with Crippen LogP contribution in [0.3, 0.4) is 0 Å². The summed E-state index contributed by atoms with van der Waals surface area (Å²) < 4.78 is 26.9. The van der Waals surface area contributed by atoms with Gasteiger partial charge in [0.25, 0.3) is 5.91 Å². The predicted molar refractivity (Wildman–Crippen MR) is 73.5 cm³/mol. The van der Waals surface area contributed by atoms with E-state index in [1.165, 1.54) is 11.3 Å². The zero-order chi connectivity index (χ0) is 14.9. The van der Waals surface area contributed by atoms with Crippen LogP contribution in [-0.2, 0) is 0 Å². The number of nitrogens with two attached hydrogens (primary N) is 1. The van der Waals surface area contributed by atoms with Crippen molar-refractivity contribution in [2.24, 2.45) is 0 Å². The van der Waals surface area contributed by atoms with Gasteiger partial charge in [0.15, 0.2) is 5.82 Å². The number of rotatable bonds is 3. The summed E-state index contributed by atoms with van der Waals surface area (Å²) in [5.41, 5.74) is 5.33. The van der Waals surface area contributed by atoms with Crippen molar-refractivity contribution in [1.29, 1.82) is 0 Å². The van der Waals surface area contributed by atoms with Gasteiger partial charge in [-0.15, -0.1) is 11.3 Å². The molecule has 1 heterocycles. The number of nitrogens with zero attached hydrogens (tertiary/aromatic N) is 1. The Labute approximate surface area is 118 Å².